The molecule has 1 aliphatic rings. The Morgan fingerprint density at radius 3 is 2.53 bits per heavy atom. The molecule has 0 aliphatic carbocycles. The zero-order valence-electron chi connectivity index (χ0n) is 17.2. The SMILES string of the molecule is Cc1ccc2cccc(NC(=O)C3CCN(S(=O)(=O)c4c(C)noc4C)CC3)c2n1. The molecule has 1 aliphatic heterocycles. The van der Waals surface area contributed by atoms with Crippen LogP contribution in [-0.2, 0) is 14.8 Å². The Balaban J connectivity index is 1.46. The molecular weight excluding hydrogens is 404 g/mol. The first kappa shape index (κ1) is 20.5. The number of aromatic nitrogens is 2. The summed E-state index contributed by atoms with van der Waals surface area (Å²) in [5, 5.41) is 7.69. The largest absolute Gasteiger partial charge is 0.360 e. The minimum Gasteiger partial charge on any atom is -0.360 e. The van der Waals surface area contributed by atoms with Crippen LogP contribution in [0.1, 0.15) is 30.0 Å². The fraction of sp³-hybridized carbons (Fsp3) is 0.381. The molecule has 9 heteroatoms. The van der Waals surface area contributed by atoms with Gasteiger partial charge < -0.3 is 9.84 Å². The summed E-state index contributed by atoms with van der Waals surface area (Å²) in [4.78, 5) is 17.5. The molecule has 3 aromatic rings. The average Bonchev–Trinajstić information content (AvgIpc) is 3.07. The Morgan fingerprint density at radius 1 is 1.13 bits per heavy atom. The van der Waals surface area contributed by atoms with Crippen molar-refractivity contribution in [2.75, 3.05) is 18.4 Å². The fourth-order valence-electron chi connectivity index (χ4n) is 3.91. The number of hydrogen-bond donors (Lipinski definition) is 1. The molecule has 1 fully saturated rings. The maximum absolute atomic E-state index is 13.0. The molecule has 0 unspecified atom stereocenters. The Morgan fingerprint density at radius 2 is 1.87 bits per heavy atom. The Kier molecular flexibility index (Phi) is 5.33. The van der Waals surface area contributed by atoms with Crippen LogP contribution in [0.4, 0.5) is 5.69 Å². The minimum absolute atomic E-state index is 0.111. The number of sulfonamides is 1. The number of carbonyl (C=O) groups is 1. The van der Waals surface area contributed by atoms with Gasteiger partial charge in [0.1, 0.15) is 10.6 Å². The molecule has 1 amide bonds. The lowest BCUT2D eigenvalue weighted by Crippen LogP contribution is -2.41. The van der Waals surface area contributed by atoms with Crippen LogP contribution in [0.25, 0.3) is 10.9 Å². The third-order valence-corrected chi connectivity index (χ3v) is 7.65. The van der Waals surface area contributed by atoms with Gasteiger partial charge in [-0.25, -0.2) is 8.42 Å². The van der Waals surface area contributed by atoms with Crippen molar-refractivity contribution in [3.63, 3.8) is 0 Å². The zero-order valence-corrected chi connectivity index (χ0v) is 18.0. The van der Waals surface area contributed by atoms with Crippen molar-refractivity contribution >= 4 is 32.5 Å². The predicted octanol–water partition coefficient (Wildman–Crippen LogP) is 3.19. The van der Waals surface area contributed by atoms with Gasteiger partial charge in [0.2, 0.25) is 15.9 Å². The third-order valence-electron chi connectivity index (χ3n) is 5.51. The number of fused-ring (bicyclic) bond motifs is 1. The van der Waals surface area contributed by atoms with Gasteiger partial charge in [0, 0.05) is 30.1 Å². The molecule has 0 bridgehead atoms. The maximum atomic E-state index is 13.0. The highest BCUT2D eigenvalue weighted by Gasteiger charge is 2.35. The van der Waals surface area contributed by atoms with Crippen molar-refractivity contribution in [2.45, 2.75) is 38.5 Å². The maximum Gasteiger partial charge on any atom is 0.248 e. The summed E-state index contributed by atoms with van der Waals surface area (Å²) in [6.07, 6.45) is 0.900. The van der Waals surface area contributed by atoms with Crippen LogP contribution < -0.4 is 5.32 Å². The highest BCUT2D eigenvalue weighted by molar-refractivity contribution is 7.89. The topological polar surface area (TPSA) is 105 Å². The van der Waals surface area contributed by atoms with E-state index in [1.807, 2.05) is 37.3 Å². The summed E-state index contributed by atoms with van der Waals surface area (Å²) in [7, 11) is -3.69. The molecule has 0 saturated carbocycles. The smallest absolute Gasteiger partial charge is 0.248 e. The van der Waals surface area contributed by atoms with Gasteiger partial charge in [-0.2, -0.15) is 4.31 Å². The van der Waals surface area contributed by atoms with E-state index in [1.54, 1.807) is 13.8 Å². The summed E-state index contributed by atoms with van der Waals surface area (Å²) in [5.41, 5.74) is 2.66. The highest BCUT2D eigenvalue weighted by Crippen LogP contribution is 2.29. The van der Waals surface area contributed by atoms with Gasteiger partial charge in [-0.05, 0) is 45.7 Å². The number of amides is 1. The molecule has 3 heterocycles. The third kappa shape index (κ3) is 3.70. The van der Waals surface area contributed by atoms with Crippen LogP contribution in [-0.4, -0.2) is 41.9 Å². The number of nitrogens with one attached hydrogen (secondary N) is 1. The van der Waals surface area contributed by atoms with Crippen molar-refractivity contribution in [1.29, 1.82) is 0 Å². The first-order valence-electron chi connectivity index (χ1n) is 9.87. The first-order chi connectivity index (χ1) is 14.3. The van der Waals surface area contributed by atoms with Gasteiger partial charge in [0.05, 0.1) is 11.2 Å². The van der Waals surface area contributed by atoms with Crippen molar-refractivity contribution in [2.24, 2.45) is 5.92 Å². The molecule has 2 aromatic heterocycles. The predicted molar refractivity (Wildman–Crippen MR) is 113 cm³/mol. The lowest BCUT2D eigenvalue weighted by Gasteiger charge is -2.30. The van der Waals surface area contributed by atoms with Crippen LogP contribution >= 0.6 is 0 Å². The Hall–Kier alpha value is -2.78. The molecule has 4 rings (SSSR count). The monoisotopic (exact) mass is 428 g/mol. The second-order valence-corrected chi connectivity index (χ2v) is 9.53. The number of nitrogens with zero attached hydrogens (tertiary/aromatic N) is 3. The first-order valence-corrected chi connectivity index (χ1v) is 11.3. The van der Waals surface area contributed by atoms with Crippen molar-refractivity contribution < 1.29 is 17.7 Å². The summed E-state index contributed by atoms with van der Waals surface area (Å²) >= 11 is 0. The van der Waals surface area contributed by atoms with E-state index in [0.29, 0.717) is 24.2 Å². The average molecular weight is 429 g/mol. The molecule has 0 radical (unpaired) electrons. The number of carbonyl (C=O) groups excluding carboxylic acids is 1. The van der Waals surface area contributed by atoms with E-state index in [-0.39, 0.29) is 35.6 Å². The van der Waals surface area contributed by atoms with Crippen LogP contribution in [0.2, 0.25) is 0 Å². The molecular formula is C21H24N4O4S. The van der Waals surface area contributed by atoms with E-state index in [9.17, 15) is 13.2 Å². The van der Waals surface area contributed by atoms with Gasteiger partial charge in [0.25, 0.3) is 0 Å². The molecule has 1 N–H and O–H groups in total. The molecule has 0 atom stereocenters. The number of piperidine rings is 1. The van der Waals surface area contributed by atoms with Gasteiger partial charge in [-0.15, -0.1) is 0 Å². The Bertz CT molecular complexity index is 1190. The van der Waals surface area contributed by atoms with Gasteiger partial charge in [-0.3, -0.25) is 9.78 Å². The summed E-state index contributed by atoms with van der Waals surface area (Å²) in [5.74, 6) is -0.0903. The van der Waals surface area contributed by atoms with Crippen molar-refractivity contribution in [3.8, 4) is 0 Å². The molecule has 0 spiro atoms. The fourth-order valence-corrected chi connectivity index (χ4v) is 5.67. The lowest BCUT2D eigenvalue weighted by molar-refractivity contribution is -0.120. The number of rotatable bonds is 4. The zero-order chi connectivity index (χ0) is 21.5. The van der Waals surface area contributed by atoms with Crippen LogP contribution in [0.3, 0.4) is 0 Å². The number of pyridine rings is 1. The number of benzene rings is 1. The van der Waals surface area contributed by atoms with Crippen molar-refractivity contribution in [3.05, 3.63) is 47.5 Å². The minimum atomic E-state index is -3.69. The van der Waals surface area contributed by atoms with E-state index < -0.39 is 10.0 Å². The van der Waals surface area contributed by atoms with Crippen molar-refractivity contribution in [1.82, 2.24) is 14.4 Å². The molecule has 30 heavy (non-hydrogen) atoms. The van der Waals surface area contributed by atoms with Crippen LogP contribution in [0.5, 0.6) is 0 Å². The number of hydrogen-bond acceptors (Lipinski definition) is 6. The number of aryl methyl sites for hydroxylation is 3. The van der Waals surface area contributed by atoms with E-state index >= 15 is 0 Å². The van der Waals surface area contributed by atoms with E-state index in [4.69, 9.17) is 4.52 Å². The van der Waals surface area contributed by atoms with Gasteiger partial charge in [0.15, 0.2) is 5.76 Å². The molecule has 1 saturated heterocycles. The van der Waals surface area contributed by atoms with E-state index in [0.717, 1.165) is 16.6 Å². The Labute approximate surface area is 175 Å². The highest BCUT2D eigenvalue weighted by atomic mass is 32.2. The van der Waals surface area contributed by atoms with Gasteiger partial charge >= 0.3 is 0 Å². The summed E-state index contributed by atoms with van der Waals surface area (Å²) < 4.78 is 32.3. The quantitative estimate of drug-likeness (QED) is 0.684. The number of para-hydroxylation sites is 1. The van der Waals surface area contributed by atoms with E-state index in [2.05, 4.69) is 15.5 Å². The molecule has 1 aromatic carbocycles. The summed E-state index contributed by atoms with van der Waals surface area (Å²) in [6, 6.07) is 9.58. The second-order valence-electron chi connectivity index (χ2n) is 7.65. The normalized spacial score (nSPS) is 16.1. The standard InChI is InChI=1S/C21H24N4O4S/c1-13-7-8-16-5-4-6-18(19(16)22-13)23-21(26)17-9-11-25(12-10-17)30(27,28)20-14(2)24-29-15(20)3/h4-8,17H,9-12H2,1-3H3,(H,23,26). The van der Waals surface area contributed by atoms with Crippen LogP contribution in [0.15, 0.2) is 39.8 Å². The second kappa shape index (κ2) is 7.81. The van der Waals surface area contributed by atoms with E-state index in [1.165, 1.54) is 4.31 Å². The molecule has 158 valence electrons. The molecule has 8 nitrogen and oxygen atoms in total. The van der Waals surface area contributed by atoms with Gasteiger partial charge in [-0.1, -0.05) is 23.4 Å². The summed E-state index contributed by atoms with van der Waals surface area (Å²) in [6.45, 7) is 5.67. The lowest BCUT2D eigenvalue weighted by atomic mass is 9.97. The van der Waals surface area contributed by atoms with Crippen LogP contribution in [0, 0.1) is 26.7 Å². The number of anilines is 1.